The molecule has 1 atom stereocenters. The summed E-state index contributed by atoms with van der Waals surface area (Å²) in [6.07, 6.45) is 2.81. The van der Waals surface area contributed by atoms with Crippen LogP contribution in [0.4, 0.5) is 4.79 Å². The van der Waals surface area contributed by atoms with Crippen LogP contribution in [0, 0.1) is 0 Å². The van der Waals surface area contributed by atoms with Crippen molar-refractivity contribution in [2.75, 3.05) is 53.9 Å². The highest BCUT2D eigenvalue weighted by Gasteiger charge is 2.46. The zero-order chi connectivity index (χ0) is 18.6. The number of hydrogen-bond donors (Lipinski definition) is 0. The molecule has 2 heterocycles. The zero-order valence-electron chi connectivity index (χ0n) is 16.2. The second-order valence-corrected chi connectivity index (χ2v) is 7.83. The van der Waals surface area contributed by atoms with Crippen molar-refractivity contribution in [2.24, 2.45) is 0 Å². The fourth-order valence-corrected chi connectivity index (χ4v) is 3.91. The molecule has 0 N–H and O–H groups in total. The number of amides is 1. The normalized spacial score (nSPS) is 23.7. The average molecular weight is 361 g/mol. The molecule has 0 saturated carbocycles. The number of carbonyl (C=O) groups is 1. The number of likely N-dealkylation sites (tertiary alicyclic amines) is 1. The number of likely N-dealkylation sites (N-methyl/N-ethyl adjacent to an activating group) is 1. The van der Waals surface area contributed by atoms with E-state index in [-0.39, 0.29) is 11.7 Å². The molecule has 0 aliphatic carbocycles. The first-order valence-corrected chi connectivity index (χ1v) is 9.49. The Hall–Kier alpha value is -1.79. The van der Waals surface area contributed by atoms with Gasteiger partial charge in [0.15, 0.2) is 0 Å². The first kappa shape index (κ1) is 19.0. The molecule has 2 aliphatic heterocycles. The molecule has 1 aromatic rings. The molecule has 6 nitrogen and oxygen atoms in total. The lowest BCUT2D eigenvalue weighted by Gasteiger charge is -2.38. The van der Waals surface area contributed by atoms with Crippen LogP contribution in [-0.2, 0) is 11.3 Å². The van der Waals surface area contributed by atoms with Gasteiger partial charge in [-0.1, -0.05) is 18.2 Å². The van der Waals surface area contributed by atoms with Gasteiger partial charge in [0.05, 0.1) is 13.2 Å². The molecule has 144 valence electrons. The number of ether oxygens (including phenoxy) is 2. The third-order valence-electron chi connectivity index (χ3n) is 5.13. The number of hydrogen-bond acceptors (Lipinski definition) is 5. The Bertz CT molecular complexity index is 622. The van der Waals surface area contributed by atoms with Crippen molar-refractivity contribution in [3.63, 3.8) is 0 Å². The van der Waals surface area contributed by atoms with E-state index in [0.717, 1.165) is 57.8 Å². The van der Waals surface area contributed by atoms with Crippen molar-refractivity contribution >= 4 is 6.09 Å². The monoisotopic (exact) mass is 361 g/mol. The molecule has 1 amide bonds. The van der Waals surface area contributed by atoms with E-state index in [0.29, 0.717) is 6.54 Å². The highest BCUT2D eigenvalue weighted by atomic mass is 16.6. The van der Waals surface area contributed by atoms with E-state index in [1.807, 2.05) is 19.2 Å². The molecule has 2 aliphatic rings. The smallest absolute Gasteiger partial charge is 0.410 e. The summed E-state index contributed by atoms with van der Waals surface area (Å²) in [5.74, 6) is 0.964. The van der Waals surface area contributed by atoms with Gasteiger partial charge in [-0.25, -0.2) is 4.79 Å². The predicted octanol–water partition coefficient (Wildman–Crippen LogP) is 2.43. The standard InChI is InChI=1S/C20H31N3O3/c1-21(2)11-7-13-25-18-9-5-4-8-17(18)14-23-12-6-10-20(16-23)15-22(3)19(24)26-20/h4-5,8-9H,6-7,10-16H2,1-3H3/t20-/m0/s1. The van der Waals surface area contributed by atoms with Gasteiger partial charge in [0.25, 0.3) is 0 Å². The fourth-order valence-electron chi connectivity index (χ4n) is 3.91. The maximum atomic E-state index is 11.8. The van der Waals surface area contributed by atoms with Crippen molar-refractivity contribution in [2.45, 2.75) is 31.4 Å². The van der Waals surface area contributed by atoms with Gasteiger partial charge in [-0.15, -0.1) is 0 Å². The van der Waals surface area contributed by atoms with Gasteiger partial charge >= 0.3 is 6.09 Å². The van der Waals surface area contributed by atoms with Gasteiger partial charge in [-0.3, -0.25) is 4.90 Å². The lowest BCUT2D eigenvalue weighted by molar-refractivity contribution is -0.0115. The highest BCUT2D eigenvalue weighted by molar-refractivity contribution is 5.70. The summed E-state index contributed by atoms with van der Waals surface area (Å²) in [6, 6.07) is 8.27. The van der Waals surface area contributed by atoms with Crippen LogP contribution in [0.1, 0.15) is 24.8 Å². The molecule has 0 bridgehead atoms. The Morgan fingerprint density at radius 1 is 1.27 bits per heavy atom. The van der Waals surface area contributed by atoms with Crippen LogP contribution in [-0.4, -0.2) is 80.3 Å². The molecule has 0 aromatic heterocycles. The topological polar surface area (TPSA) is 45.2 Å². The second-order valence-electron chi connectivity index (χ2n) is 7.83. The number of benzene rings is 1. The molecule has 1 aromatic carbocycles. The second kappa shape index (κ2) is 8.27. The highest BCUT2D eigenvalue weighted by Crippen LogP contribution is 2.32. The summed E-state index contributed by atoms with van der Waals surface area (Å²) in [4.78, 5) is 18.1. The maximum Gasteiger partial charge on any atom is 0.410 e. The van der Waals surface area contributed by atoms with Gasteiger partial charge in [0, 0.05) is 32.2 Å². The van der Waals surface area contributed by atoms with E-state index in [9.17, 15) is 4.79 Å². The summed E-state index contributed by atoms with van der Waals surface area (Å²) in [7, 11) is 5.97. The Kier molecular flexibility index (Phi) is 6.04. The molecule has 6 heteroatoms. The van der Waals surface area contributed by atoms with E-state index >= 15 is 0 Å². The Morgan fingerprint density at radius 3 is 2.81 bits per heavy atom. The van der Waals surface area contributed by atoms with Gasteiger partial charge in [0.2, 0.25) is 0 Å². The van der Waals surface area contributed by atoms with Crippen LogP contribution in [0.15, 0.2) is 24.3 Å². The molecule has 2 fully saturated rings. The van der Waals surface area contributed by atoms with Gasteiger partial charge < -0.3 is 19.3 Å². The van der Waals surface area contributed by atoms with E-state index in [2.05, 4.69) is 36.0 Å². The Balaban J connectivity index is 1.59. The average Bonchev–Trinajstić information content (AvgIpc) is 2.86. The van der Waals surface area contributed by atoms with Crippen LogP contribution >= 0.6 is 0 Å². The molecule has 1 spiro atoms. The van der Waals surface area contributed by atoms with E-state index in [1.165, 1.54) is 5.56 Å². The van der Waals surface area contributed by atoms with Gasteiger partial charge in [-0.05, 0) is 46.0 Å². The third-order valence-corrected chi connectivity index (χ3v) is 5.13. The fraction of sp³-hybridized carbons (Fsp3) is 0.650. The van der Waals surface area contributed by atoms with Crippen LogP contribution in [0.2, 0.25) is 0 Å². The first-order valence-electron chi connectivity index (χ1n) is 9.49. The summed E-state index contributed by atoms with van der Waals surface area (Å²) in [6.45, 7) is 5.07. The zero-order valence-corrected chi connectivity index (χ0v) is 16.2. The van der Waals surface area contributed by atoms with E-state index in [1.54, 1.807) is 4.90 Å². The summed E-state index contributed by atoms with van der Waals surface area (Å²) < 4.78 is 11.7. The van der Waals surface area contributed by atoms with Crippen molar-refractivity contribution in [1.29, 1.82) is 0 Å². The largest absolute Gasteiger partial charge is 0.493 e. The van der Waals surface area contributed by atoms with Crippen molar-refractivity contribution < 1.29 is 14.3 Å². The van der Waals surface area contributed by atoms with Gasteiger partial charge in [0.1, 0.15) is 11.4 Å². The number of piperidine rings is 1. The Labute approximate surface area is 156 Å². The minimum absolute atomic E-state index is 0.198. The van der Waals surface area contributed by atoms with Crippen LogP contribution < -0.4 is 4.74 Å². The minimum atomic E-state index is -0.342. The van der Waals surface area contributed by atoms with Crippen molar-refractivity contribution in [1.82, 2.24) is 14.7 Å². The number of carbonyl (C=O) groups excluding carboxylic acids is 1. The summed E-state index contributed by atoms with van der Waals surface area (Å²) in [5, 5.41) is 0. The Morgan fingerprint density at radius 2 is 2.08 bits per heavy atom. The quantitative estimate of drug-likeness (QED) is 0.698. The predicted molar refractivity (Wildman–Crippen MR) is 101 cm³/mol. The summed E-state index contributed by atoms with van der Waals surface area (Å²) in [5.41, 5.74) is 0.859. The SMILES string of the molecule is CN(C)CCCOc1ccccc1CN1CCC[C@@]2(C1)CN(C)C(=O)O2. The van der Waals surface area contributed by atoms with Crippen LogP contribution in [0.25, 0.3) is 0 Å². The maximum absolute atomic E-state index is 11.8. The van der Waals surface area contributed by atoms with Crippen molar-refractivity contribution in [3.05, 3.63) is 29.8 Å². The summed E-state index contributed by atoms with van der Waals surface area (Å²) >= 11 is 0. The minimum Gasteiger partial charge on any atom is -0.493 e. The molecule has 0 radical (unpaired) electrons. The lowest BCUT2D eigenvalue weighted by atomic mass is 9.92. The lowest BCUT2D eigenvalue weighted by Crippen LogP contribution is -2.50. The van der Waals surface area contributed by atoms with E-state index in [4.69, 9.17) is 9.47 Å². The molecule has 3 rings (SSSR count). The van der Waals surface area contributed by atoms with E-state index < -0.39 is 0 Å². The van der Waals surface area contributed by atoms with Gasteiger partial charge in [-0.2, -0.15) is 0 Å². The number of para-hydroxylation sites is 1. The number of rotatable bonds is 7. The van der Waals surface area contributed by atoms with Crippen LogP contribution in [0.5, 0.6) is 5.75 Å². The van der Waals surface area contributed by atoms with Crippen molar-refractivity contribution in [3.8, 4) is 5.75 Å². The first-order chi connectivity index (χ1) is 12.5. The molecular formula is C20H31N3O3. The third kappa shape index (κ3) is 4.68. The molecule has 2 saturated heterocycles. The molecule has 0 unspecified atom stereocenters. The molecule has 26 heavy (non-hydrogen) atoms. The van der Waals surface area contributed by atoms with Crippen LogP contribution in [0.3, 0.4) is 0 Å². The molecular weight excluding hydrogens is 330 g/mol. The number of nitrogens with zero attached hydrogens (tertiary/aromatic N) is 3.